The molecule has 2 atom stereocenters. The van der Waals surface area contributed by atoms with Crippen molar-refractivity contribution in [2.45, 2.75) is 84.1 Å². The SMILES string of the molecule is CC(C)Oc1cc2c(cc1N(C)[C@H]1CCCN(C(=O)OC(C)(C)C)[C@H]1c1ccccc1)N(C)C(=O)CC2. The second kappa shape index (κ2) is 10.6. The Morgan fingerprint density at radius 2 is 1.81 bits per heavy atom. The zero-order valence-corrected chi connectivity index (χ0v) is 23.3. The van der Waals surface area contributed by atoms with E-state index in [2.05, 4.69) is 36.2 Å². The number of anilines is 2. The molecule has 7 heteroatoms. The van der Waals surface area contributed by atoms with Crippen molar-refractivity contribution in [2.75, 3.05) is 30.4 Å². The van der Waals surface area contributed by atoms with E-state index < -0.39 is 5.60 Å². The quantitative estimate of drug-likeness (QED) is 0.500. The molecule has 0 aliphatic carbocycles. The molecule has 2 aliphatic rings. The van der Waals surface area contributed by atoms with E-state index in [1.807, 2.05) is 64.8 Å². The number of likely N-dealkylation sites (tertiary alicyclic amines) is 1. The van der Waals surface area contributed by atoms with Crippen LogP contribution in [0.2, 0.25) is 0 Å². The first-order chi connectivity index (χ1) is 17.5. The topological polar surface area (TPSA) is 62.3 Å². The van der Waals surface area contributed by atoms with E-state index in [-0.39, 0.29) is 30.2 Å². The van der Waals surface area contributed by atoms with Gasteiger partial charge in [0.25, 0.3) is 0 Å². The van der Waals surface area contributed by atoms with Crippen molar-refractivity contribution in [2.24, 2.45) is 0 Å². The van der Waals surface area contributed by atoms with Gasteiger partial charge in [0, 0.05) is 32.7 Å². The number of piperidine rings is 1. The molecule has 7 nitrogen and oxygen atoms in total. The zero-order valence-electron chi connectivity index (χ0n) is 23.3. The summed E-state index contributed by atoms with van der Waals surface area (Å²) in [4.78, 5) is 31.8. The number of amides is 2. The number of ether oxygens (including phenoxy) is 2. The van der Waals surface area contributed by atoms with Crippen LogP contribution in [0.4, 0.5) is 16.2 Å². The Morgan fingerprint density at radius 3 is 2.46 bits per heavy atom. The number of aryl methyl sites for hydroxylation is 1. The van der Waals surface area contributed by atoms with Crippen LogP contribution in [-0.4, -0.2) is 55.3 Å². The van der Waals surface area contributed by atoms with E-state index in [9.17, 15) is 9.59 Å². The Bertz CT molecular complexity index is 1130. The van der Waals surface area contributed by atoms with Crippen molar-refractivity contribution in [1.29, 1.82) is 0 Å². The smallest absolute Gasteiger partial charge is 0.410 e. The minimum atomic E-state index is -0.578. The summed E-state index contributed by atoms with van der Waals surface area (Å²) in [5.74, 6) is 0.926. The molecule has 1 saturated heterocycles. The van der Waals surface area contributed by atoms with Gasteiger partial charge in [-0.3, -0.25) is 9.69 Å². The van der Waals surface area contributed by atoms with Crippen molar-refractivity contribution in [3.8, 4) is 5.75 Å². The number of fused-ring (bicyclic) bond motifs is 1. The van der Waals surface area contributed by atoms with E-state index in [4.69, 9.17) is 9.47 Å². The second-order valence-corrected chi connectivity index (χ2v) is 11.4. The average molecular weight is 508 g/mol. The standard InChI is InChI=1S/C30H41N3O4/c1-20(2)36-26-18-22-15-16-27(34)32(7)24(22)19-25(26)31(6)23-14-11-17-33(29(35)37-30(3,4)5)28(23)21-12-9-8-10-13-21/h8-10,12-13,18-20,23,28H,11,14-17H2,1-7H3/t23-,28-/m0/s1. The maximum Gasteiger partial charge on any atom is 0.410 e. The summed E-state index contributed by atoms with van der Waals surface area (Å²) in [5.41, 5.74) is 3.46. The second-order valence-electron chi connectivity index (χ2n) is 11.4. The Hall–Kier alpha value is -3.22. The van der Waals surface area contributed by atoms with Gasteiger partial charge in [-0.2, -0.15) is 0 Å². The molecule has 37 heavy (non-hydrogen) atoms. The molecule has 2 heterocycles. The summed E-state index contributed by atoms with van der Waals surface area (Å²) >= 11 is 0. The first-order valence-electron chi connectivity index (χ1n) is 13.3. The molecular formula is C30H41N3O4. The lowest BCUT2D eigenvalue weighted by Gasteiger charge is -2.46. The fourth-order valence-electron chi connectivity index (χ4n) is 5.42. The number of nitrogens with zero attached hydrogens (tertiary/aromatic N) is 3. The Kier molecular flexibility index (Phi) is 7.72. The van der Waals surface area contributed by atoms with Gasteiger partial charge in [-0.15, -0.1) is 0 Å². The third-order valence-corrected chi connectivity index (χ3v) is 7.11. The zero-order chi connectivity index (χ0) is 26.9. The first kappa shape index (κ1) is 26.8. The highest BCUT2D eigenvalue weighted by atomic mass is 16.6. The van der Waals surface area contributed by atoms with Gasteiger partial charge in [-0.1, -0.05) is 30.3 Å². The van der Waals surface area contributed by atoms with Crippen LogP contribution in [0.5, 0.6) is 5.75 Å². The van der Waals surface area contributed by atoms with E-state index in [0.29, 0.717) is 19.4 Å². The molecule has 0 unspecified atom stereocenters. The van der Waals surface area contributed by atoms with Gasteiger partial charge >= 0.3 is 6.09 Å². The number of benzene rings is 2. The van der Waals surface area contributed by atoms with E-state index in [1.54, 1.807) is 4.90 Å². The van der Waals surface area contributed by atoms with Gasteiger partial charge in [-0.25, -0.2) is 4.79 Å². The van der Waals surface area contributed by atoms with Crippen LogP contribution in [0.3, 0.4) is 0 Å². The highest BCUT2D eigenvalue weighted by Gasteiger charge is 2.40. The minimum absolute atomic E-state index is 0.00249. The lowest BCUT2D eigenvalue weighted by atomic mass is 9.89. The summed E-state index contributed by atoms with van der Waals surface area (Å²) in [6.07, 6.45) is 2.68. The predicted molar refractivity (Wildman–Crippen MR) is 147 cm³/mol. The maximum atomic E-state index is 13.4. The van der Waals surface area contributed by atoms with Gasteiger partial charge in [0.1, 0.15) is 11.4 Å². The molecular weight excluding hydrogens is 466 g/mol. The molecule has 2 aromatic rings. The first-order valence-corrected chi connectivity index (χ1v) is 13.3. The molecule has 0 saturated carbocycles. The fraction of sp³-hybridized carbons (Fsp3) is 0.533. The minimum Gasteiger partial charge on any atom is -0.489 e. The maximum absolute atomic E-state index is 13.4. The normalized spacial score (nSPS) is 20.1. The monoisotopic (exact) mass is 507 g/mol. The molecule has 2 aromatic carbocycles. The van der Waals surface area contributed by atoms with Crippen LogP contribution in [0, 0.1) is 0 Å². The molecule has 2 amide bonds. The van der Waals surface area contributed by atoms with Crippen LogP contribution in [0.15, 0.2) is 42.5 Å². The van der Waals surface area contributed by atoms with Gasteiger partial charge < -0.3 is 19.3 Å². The van der Waals surface area contributed by atoms with Crippen molar-refractivity contribution < 1.29 is 19.1 Å². The van der Waals surface area contributed by atoms with Gasteiger partial charge in [0.2, 0.25) is 5.91 Å². The molecule has 0 aromatic heterocycles. The van der Waals surface area contributed by atoms with Crippen molar-refractivity contribution in [3.05, 3.63) is 53.6 Å². The van der Waals surface area contributed by atoms with E-state index >= 15 is 0 Å². The lowest BCUT2D eigenvalue weighted by molar-refractivity contribution is -0.118. The third-order valence-electron chi connectivity index (χ3n) is 7.11. The summed E-state index contributed by atoms with van der Waals surface area (Å²) in [5, 5.41) is 0. The Labute approximate surface area is 221 Å². The van der Waals surface area contributed by atoms with Crippen LogP contribution in [-0.2, 0) is 16.0 Å². The van der Waals surface area contributed by atoms with Gasteiger partial charge in [0.15, 0.2) is 0 Å². The van der Waals surface area contributed by atoms with Crippen molar-refractivity contribution >= 4 is 23.4 Å². The van der Waals surface area contributed by atoms with Crippen LogP contribution in [0.1, 0.15) is 71.0 Å². The average Bonchev–Trinajstić information content (AvgIpc) is 2.84. The Morgan fingerprint density at radius 1 is 1.11 bits per heavy atom. The molecule has 0 spiro atoms. The molecule has 2 aliphatic heterocycles. The molecule has 200 valence electrons. The molecule has 4 rings (SSSR count). The van der Waals surface area contributed by atoms with Crippen LogP contribution >= 0.6 is 0 Å². The molecule has 0 radical (unpaired) electrons. The summed E-state index contributed by atoms with van der Waals surface area (Å²) in [6.45, 7) is 10.4. The third kappa shape index (κ3) is 5.86. The number of rotatable bonds is 5. The van der Waals surface area contributed by atoms with E-state index in [1.165, 1.54) is 0 Å². The van der Waals surface area contributed by atoms with Gasteiger partial charge in [-0.05, 0) is 77.1 Å². The van der Waals surface area contributed by atoms with Crippen molar-refractivity contribution in [3.63, 3.8) is 0 Å². The highest BCUT2D eigenvalue weighted by molar-refractivity contribution is 5.97. The predicted octanol–water partition coefficient (Wildman–Crippen LogP) is 5.96. The summed E-state index contributed by atoms with van der Waals surface area (Å²) in [6, 6.07) is 14.2. The number of carbonyl (C=O) groups is 2. The van der Waals surface area contributed by atoms with E-state index in [0.717, 1.165) is 41.1 Å². The lowest BCUT2D eigenvalue weighted by Crippen LogP contribution is -2.52. The fourth-order valence-corrected chi connectivity index (χ4v) is 5.42. The molecule has 0 bridgehead atoms. The Balaban J connectivity index is 1.78. The van der Waals surface area contributed by atoms with Gasteiger partial charge in [0.05, 0.1) is 23.9 Å². The van der Waals surface area contributed by atoms with Crippen LogP contribution in [0.25, 0.3) is 0 Å². The number of likely N-dealkylation sites (N-methyl/N-ethyl adjacent to an activating group) is 1. The number of hydrogen-bond acceptors (Lipinski definition) is 5. The summed E-state index contributed by atoms with van der Waals surface area (Å²) in [7, 11) is 3.91. The number of carbonyl (C=O) groups excluding carboxylic acids is 2. The van der Waals surface area contributed by atoms with Crippen LogP contribution < -0.4 is 14.5 Å². The number of hydrogen-bond donors (Lipinski definition) is 0. The summed E-state index contributed by atoms with van der Waals surface area (Å²) < 4.78 is 12.2. The highest BCUT2D eigenvalue weighted by Crippen LogP contribution is 2.43. The molecule has 1 fully saturated rings. The molecule has 0 N–H and O–H groups in total. The van der Waals surface area contributed by atoms with Crippen molar-refractivity contribution in [1.82, 2.24) is 4.90 Å². The largest absolute Gasteiger partial charge is 0.489 e.